The lowest BCUT2D eigenvalue weighted by atomic mass is 9.85. The van der Waals surface area contributed by atoms with Crippen molar-refractivity contribution in [1.82, 2.24) is 9.88 Å². The van der Waals surface area contributed by atoms with Gasteiger partial charge >= 0.3 is 0 Å². The lowest BCUT2D eigenvalue weighted by molar-refractivity contribution is 0.0206. The SMILES string of the molecule is O=C(c1ccc2[nH]ccc2c1)N1CCc2ccsc2C1C1CCOCC1. The molecule has 5 heteroatoms. The van der Waals surface area contributed by atoms with Gasteiger partial charge in [0, 0.05) is 47.3 Å². The zero-order valence-corrected chi connectivity index (χ0v) is 15.4. The quantitative estimate of drug-likeness (QED) is 0.731. The number of H-pyrrole nitrogens is 1. The second-order valence-corrected chi connectivity index (χ2v) is 8.18. The number of hydrogen-bond acceptors (Lipinski definition) is 3. The van der Waals surface area contributed by atoms with Gasteiger partial charge in [-0.25, -0.2) is 0 Å². The summed E-state index contributed by atoms with van der Waals surface area (Å²) >= 11 is 1.81. The van der Waals surface area contributed by atoms with Crippen LogP contribution >= 0.6 is 11.3 Å². The highest BCUT2D eigenvalue weighted by atomic mass is 32.1. The predicted molar refractivity (Wildman–Crippen MR) is 104 cm³/mol. The van der Waals surface area contributed by atoms with E-state index in [0.717, 1.165) is 55.5 Å². The lowest BCUT2D eigenvalue weighted by Crippen LogP contribution is -2.43. The number of thiophene rings is 1. The summed E-state index contributed by atoms with van der Waals surface area (Å²) < 4.78 is 5.58. The minimum Gasteiger partial charge on any atom is -0.381 e. The largest absolute Gasteiger partial charge is 0.381 e. The molecule has 26 heavy (non-hydrogen) atoms. The lowest BCUT2D eigenvalue weighted by Gasteiger charge is -2.41. The number of nitrogens with zero attached hydrogens (tertiary/aromatic N) is 1. The zero-order chi connectivity index (χ0) is 17.5. The summed E-state index contributed by atoms with van der Waals surface area (Å²) in [5.41, 5.74) is 3.28. The number of fused-ring (bicyclic) bond motifs is 2. The Hall–Kier alpha value is -2.11. The molecular formula is C21H22N2O2S. The molecule has 3 aromatic rings. The van der Waals surface area contributed by atoms with Crippen LogP contribution in [0.15, 0.2) is 41.9 Å². The van der Waals surface area contributed by atoms with Crippen molar-refractivity contribution in [3.05, 3.63) is 57.9 Å². The van der Waals surface area contributed by atoms with Crippen molar-refractivity contribution in [2.24, 2.45) is 5.92 Å². The number of rotatable bonds is 2. The van der Waals surface area contributed by atoms with E-state index in [4.69, 9.17) is 4.74 Å². The summed E-state index contributed by atoms with van der Waals surface area (Å²) in [6.07, 6.45) is 4.94. The van der Waals surface area contributed by atoms with E-state index < -0.39 is 0 Å². The van der Waals surface area contributed by atoms with Crippen LogP contribution in [0.2, 0.25) is 0 Å². The number of ether oxygens (including phenoxy) is 1. The van der Waals surface area contributed by atoms with Gasteiger partial charge in [-0.2, -0.15) is 0 Å². The van der Waals surface area contributed by atoms with Crippen LogP contribution in [-0.2, 0) is 11.2 Å². The Kier molecular flexibility index (Phi) is 4.06. The highest BCUT2D eigenvalue weighted by Gasteiger charge is 2.38. The second-order valence-electron chi connectivity index (χ2n) is 7.23. The van der Waals surface area contributed by atoms with Crippen LogP contribution in [0.5, 0.6) is 0 Å². The number of carbonyl (C=O) groups is 1. The van der Waals surface area contributed by atoms with Crippen LogP contribution in [-0.4, -0.2) is 35.5 Å². The Morgan fingerprint density at radius 3 is 2.96 bits per heavy atom. The number of aromatic amines is 1. The number of aromatic nitrogens is 1. The van der Waals surface area contributed by atoms with Crippen LogP contribution in [0.3, 0.4) is 0 Å². The smallest absolute Gasteiger partial charge is 0.254 e. The number of benzene rings is 1. The third-order valence-corrected chi connectivity index (χ3v) is 6.81. The molecule has 1 atom stereocenters. The maximum Gasteiger partial charge on any atom is 0.254 e. The standard InChI is InChI=1S/C21H22N2O2S/c24-21(17-1-2-18-16(13-17)3-8-22-18)23-9-4-15-7-12-26-20(15)19(23)14-5-10-25-11-6-14/h1-3,7-8,12-14,19,22H,4-6,9-11H2. The van der Waals surface area contributed by atoms with Gasteiger partial charge in [0.2, 0.25) is 0 Å². The van der Waals surface area contributed by atoms with Gasteiger partial charge in [-0.05, 0) is 66.5 Å². The van der Waals surface area contributed by atoms with Gasteiger partial charge in [0.15, 0.2) is 0 Å². The molecule has 1 amide bonds. The molecule has 0 aliphatic carbocycles. The van der Waals surface area contributed by atoms with Crippen molar-refractivity contribution in [1.29, 1.82) is 0 Å². The van der Waals surface area contributed by atoms with E-state index >= 15 is 0 Å². The zero-order valence-electron chi connectivity index (χ0n) is 14.6. The third kappa shape index (κ3) is 2.66. The first-order valence-corrected chi connectivity index (χ1v) is 10.2. The number of hydrogen-bond donors (Lipinski definition) is 1. The molecule has 4 heterocycles. The molecule has 1 aromatic carbocycles. The topological polar surface area (TPSA) is 45.3 Å². The highest BCUT2D eigenvalue weighted by molar-refractivity contribution is 7.10. The molecule has 0 spiro atoms. The van der Waals surface area contributed by atoms with Crippen LogP contribution in [0.4, 0.5) is 0 Å². The van der Waals surface area contributed by atoms with Crippen molar-refractivity contribution >= 4 is 28.1 Å². The molecule has 2 aliphatic rings. The van der Waals surface area contributed by atoms with E-state index in [0.29, 0.717) is 5.92 Å². The van der Waals surface area contributed by atoms with Gasteiger partial charge in [0.25, 0.3) is 5.91 Å². The van der Waals surface area contributed by atoms with E-state index in [2.05, 4.69) is 21.3 Å². The van der Waals surface area contributed by atoms with Crippen LogP contribution in [0.1, 0.15) is 39.7 Å². The fourth-order valence-electron chi connectivity index (χ4n) is 4.42. The molecule has 134 valence electrons. The van der Waals surface area contributed by atoms with E-state index in [1.807, 2.05) is 41.8 Å². The molecule has 1 unspecified atom stereocenters. The van der Waals surface area contributed by atoms with Gasteiger partial charge in [0.05, 0.1) is 6.04 Å². The third-order valence-electron chi connectivity index (χ3n) is 5.78. The molecule has 5 rings (SSSR count). The minimum atomic E-state index is 0.156. The van der Waals surface area contributed by atoms with Crippen molar-refractivity contribution in [3.63, 3.8) is 0 Å². The van der Waals surface area contributed by atoms with Crippen molar-refractivity contribution < 1.29 is 9.53 Å². The molecule has 2 aromatic heterocycles. The summed E-state index contributed by atoms with van der Waals surface area (Å²) in [5.74, 6) is 0.644. The van der Waals surface area contributed by atoms with Crippen molar-refractivity contribution in [2.75, 3.05) is 19.8 Å². The van der Waals surface area contributed by atoms with E-state index in [1.54, 1.807) is 0 Å². The second kappa shape index (κ2) is 6.56. The van der Waals surface area contributed by atoms with Gasteiger partial charge in [-0.1, -0.05) is 0 Å². The molecule has 0 bridgehead atoms. The molecule has 0 radical (unpaired) electrons. The minimum absolute atomic E-state index is 0.156. The number of nitrogens with one attached hydrogen (secondary N) is 1. The molecule has 2 aliphatic heterocycles. The summed E-state index contributed by atoms with van der Waals surface area (Å²) in [6.45, 7) is 2.41. The highest BCUT2D eigenvalue weighted by Crippen LogP contribution is 2.42. The Morgan fingerprint density at radius 1 is 1.19 bits per heavy atom. The monoisotopic (exact) mass is 366 g/mol. The molecule has 1 fully saturated rings. The van der Waals surface area contributed by atoms with Crippen LogP contribution in [0, 0.1) is 5.92 Å². The first-order chi connectivity index (χ1) is 12.8. The number of amides is 1. The van der Waals surface area contributed by atoms with E-state index in [9.17, 15) is 4.79 Å². The summed E-state index contributed by atoms with van der Waals surface area (Å²) in [6, 6.07) is 10.4. The Labute approximate surface area is 156 Å². The fourth-order valence-corrected chi connectivity index (χ4v) is 5.57. The first kappa shape index (κ1) is 16.1. The Morgan fingerprint density at radius 2 is 2.08 bits per heavy atom. The van der Waals surface area contributed by atoms with Crippen molar-refractivity contribution in [3.8, 4) is 0 Å². The molecule has 4 nitrogen and oxygen atoms in total. The Bertz CT molecular complexity index is 938. The fraction of sp³-hybridized carbons (Fsp3) is 0.381. The number of carbonyl (C=O) groups excluding carboxylic acids is 1. The van der Waals surface area contributed by atoms with Gasteiger partial charge in [0.1, 0.15) is 0 Å². The van der Waals surface area contributed by atoms with Gasteiger partial charge < -0.3 is 14.6 Å². The Balaban J connectivity index is 1.51. The molecule has 0 saturated carbocycles. The summed E-state index contributed by atoms with van der Waals surface area (Å²) in [4.78, 5) is 20.2. The average Bonchev–Trinajstić information content (AvgIpc) is 3.35. The average molecular weight is 366 g/mol. The maximum absolute atomic E-state index is 13.4. The van der Waals surface area contributed by atoms with Crippen molar-refractivity contribution in [2.45, 2.75) is 25.3 Å². The molecule has 1 N–H and O–H groups in total. The maximum atomic E-state index is 13.4. The van der Waals surface area contributed by atoms with E-state index in [-0.39, 0.29) is 11.9 Å². The summed E-state index contributed by atoms with van der Waals surface area (Å²) in [5, 5.41) is 3.27. The first-order valence-electron chi connectivity index (χ1n) is 9.33. The normalized spacial score (nSPS) is 21.1. The molecular weight excluding hydrogens is 344 g/mol. The van der Waals surface area contributed by atoms with E-state index in [1.165, 1.54) is 10.4 Å². The van der Waals surface area contributed by atoms with Crippen LogP contribution in [0.25, 0.3) is 10.9 Å². The van der Waals surface area contributed by atoms with Gasteiger partial charge in [-0.3, -0.25) is 4.79 Å². The predicted octanol–water partition coefficient (Wildman–Crippen LogP) is 4.40. The molecule has 1 saturated heterocycles. The van der Waals surface area contributed by atoms with Crippen LogP contribution < -0.4 is 0 Å². The summed E-state index contributed by atoms with van der Waals surface area (Å²) in [7, 11) is 0. The van der Waals surface area contributed by atoms with Gasteiger partial charge in [-0.15, -0.1) is 11.3 Å².